The number of aryl methyl sites for hydroxylation is 1. The molecule has 1 atom stereocenters. The molecule has 0 radical (unpaired) electrons. The van der Waals surface area contributed by atoms with Crippen LogP contribution in [0.3, 0.4) is 0 Å². The van der Waals surface area contributed by atoms with Crippen molar-refractivity contribution < 1.29 is 9.47 Å². The van der Waals surface area contributed by atoms with Gasteiger partial charge in [0.1, 0.15) is 6.10 Å². The highest BCUT2D eigenvalue weighted by atomic mass is 16.5. The Morgan fingerprint density at radius 2 is 2.28 bits per heavy atom. The molecule has 0 spiro atoms. The topological polar surface area (TPSA) is 43.4 Å². The Morgan fingerprint density at radius 3 is 2.94 bits per heavy atom. The number of hydrogen-bond acceptors (Lipinski definition) is 4. The molecule has 1 aromatic rings. The summed E-state index contributed by atoms with van der Waals surface area (Å²) in [4.78, 5) is 4.52. The van der Waals surface area contributed by atoms with E-state index in [0.717, 1.165) is 37.2 Å². The molecule has 0 aromatic carbocycles. The second kappa shape index (κ2) is 5.24. The van der Waals surface area contributed by atoms with Gasteiger partial charge in [0.15, 0.2) is 0 Å². The molecule has 1 aliphatic heterocycles. The molecule has 4 heteroatoms. The molecule has 0 bridgehead atoms. The van der Waals surface area contributed by atoms with Gasteiger partial charge in [0, 0.05) is 30.8 Å². The van der Waals surface area contributed by atoms with E-state index in [-0.39, 0.29) is 6.10 Å². The van der Waals surface area contributed by atoms with E-state index in [1.165, 1.54) is 18.4 Å². The summed E-state index contributed by atoms with van der Waals surface area (Å²) < 4.78 is 11.1. The molecule has 4 nitrogen and oxygen atoms in total. The lowest BCUT2D eigenvalue weighted by Gasteiger charge is -2.13. The van der Waals surface area contributed by atoms with Gasteiger partial charge in [-0.15, -0.1) is 0 Å². The van der Waals surface area contributed by atoms with Gasteiger partial charge < -0.3 is 14.8 Å². The Kier molecular flexibility index (Phi) is 3.48. The maximum atomic E-state index is 5.79. The predicted molar refractivity (Wildman–Crippen MR) is 68.7 cm³/mol. The first kappa shape index (κ1) is 11.9. The van der Waals surface area contributed by atoms with E-state index in [9.17, 15) is 0 Å². The molecular weight excluding hydrogens is 228 g/mol. The van der Waals surface area contributed by atoms with Gasteiger partial charge in [-0.2, -0.15) is 0 Å². The van der Waals surface area contributed by atoms with Gasteiger partial charge in [-0.25, -0.2) is 4.98 Å². The minimum absolute atomic E-state index is 0.173. The molecular formula is C14H20N2O2. The fourth-order valence-electron chi connectivity index (χ4n) is 2.14. The maximum Gasteiger partial charge on any atom is 0.213 e. The average Bonchev–Trinajstić information content (AvgIpc) is 3.05. The summed E-state index contributed by atoms with van der Waals surface area (Å²) in [6, 6.07) is 4.81. The molecule has 1 N–H and O–H groups in total. The van der Waals surface area contributed by atoms with Gasteiger partial charge >= 0.3 is 0 Å². The monoisotopic (exact) mass is 248 g/mol. The summed E-state index contributed by atoms with van der Waals surface area (Å²) in [6.45, 7) is 4.44. The van der Waals surface area contributed by atoms with Crippen molar-refractivity contribution in [3.05, 3.63) is 23.4 Å². The van der Waals surface area contributed by atoms with Crippen molar-refractivity contribution in [3.8, 4) is 5.88 Å². The van der Waals surface area contributed by atoms with Crippen LogP contribution in [0.25, 0.3) is 0 Å². The molecule has 0 amide bonds. The van der Waals surface area contributed by atoms with Gasteiger partial charge in [-0.05, 0) is 25.3 Å². The molecule has 98 valence electrons. The summed E-state index contributed by atoms with van der Waals surface area (Å²) in [5.41, 5.74) is 2.32. The molecule has 1 unspecified atom stereocenters. The molecule has 1 aromatic heterocycles. The fraction of sp³-hybridized carbons (Fsp3) is 0.643. The van der Waals surface area contributed by atoms with Crippen LogP contribution in [0.5, 0.6) is 5.88 Å². The van der Waals surface area contributed by atoms with Crippen LogP contribution in [0.15, 0.2) is 12.1 Å². The van der Waals surface area contributed by atoms with Crippen LogP contribution in [0.1, 0.15) is 30.5 Å². The zero-order chi connectivity index (χ0) is 12.4. The number of ether oxygens (including phenoxy) is 2. The van der Waals surface area contributed by atoms with E-state index in [1.807, 2.05) is 13.0 Å². The lowest BCUT2D eigenvalue weighted by Crippen LogP contribution is -2.18. The van der Waals surface area contributed by atoms with E-state index < -0.39 is 0 Å². The van der Waals surface area contributed by atoms with Gasteiger partial charge in [-0.3, -0.25) is 0 Å². The largest absolute Gasteiger partial charge is 0.472 e. The fourth-order valence-corrected chi connectivity index (χ4v) is 2.14. The SMILES string of the molecule is Cc1nc(OC2CCOC2)ccc1CNC1CC1. The molecule has 2 fully saturated rings. The highest BCUT2D eigenvalue weighted by molar-refractivity contribution is 5.25. The Hall–Kier alpha value is -1.13. The molecule has 1 saturated heterocycles. The van der Waals surface area contributed by atoms with Crippen molar-refractivity contribution in [1.29, 1.82) is 0 Å². The van der Waals surface area contributed by atoms with Gasteiger partial charge in [0.25, 0.3) is 0 Å². The average molecular weight is 248 g/mol. The van der Waals surface area contributed by atoms with E-state index in [4.69, 9.17) is 9.47 Å². The first-order chi connectivity index (χ1) is 8.81. The predicted octanol–water partition coefficient (Wildman–Crippen LogP) is 1.81. The van der Waals surface area contributed by atoms with Crippen LogP contribution in [0.2, 0.25) is 0 Å². The first-order valence-corrected chi connectivity index (χ1v) is 6.75. The number of rotatable bonds is 5. The summed E-state index contributed by atoms with van der Waals surface area (Å²) in [7, 11) is 0. The smallest absolute Gasteiger partial charge is 0.213 e. The first-order valence-electron chi connectivity index (χ1n) is 6.75. The molecule has 3 rings (SSSR count). The third-order valence-corrected chi connectivity index (χ3v) is 3.50. The van der Waals surface area contributed by atoms with Crippen molar-refractivity contribution in [1.82, 2.24) is 10.3 Å². The molecule has 18 heavy (non-hydrogen) atoms. The zero-order valence-electron chi connectivity index (χ0n) is 10.8. The second-order valence-electron chi connectivity index (χ2n) is 5.15. The Morgan fingerprint density at radius 1 is 1.39 bits per heavy atom. The second-order valence-corrected chi connectivity index (χ2v) is 5.15. The summed E-state index contributed by atoms with van der Waals surface area (Å²) in [6.07, 6.45) is 3.77. The number of pyridine rings is 1. The van der Waals surface area contributed by atoms with Crippen LogP contribution >= 0.6 is 0 Å². The maximum absolute atomic E-state index is 5.79. The van der Waals surface area contributed by atoms with Crippen LogP contribution in [0.4, 0.5) is 0 Å². The molecule has 2 aliphatic rings. The quantitative estimate of drug-likeness (QED) is 0.863. The van der Waals surface area contributed by atoms with Crippen molar-refractivity contribution in [2.75, 3.05) is 13.2 Å². The van der Waals surface area contributed by atoms with Crippen molar-refractivity contribution in [2.24, 2.45) is 0 Å². The minimum Gasteiger partial charge on any atom is -0.472 e. The van der Waals surface area contributed by atoms with E-state index in [2.05, 4.69) is 16.4 Å². The minimum atomic E-state index is 0.173. The third kappa shape index (κ3) is 3.00. The standard InChI is InChI=1S/C14H20N2O2/c1-10-11(8-15-12-3-4-12)2-5-14(16-10)18-13-6-7-17-9-13/h2,5,12-13,15H,3-4,6-9H2,1H3. The Balaban J connectivity index is 1.59. The summed E-state index contributed by atoms with van der Waals surface area (Å²) in [5.74, 6) is 0.721. The summed E-state index contributed by atoms with van der Waals surface area (Å²) in [5, 5.41) is 3.51. The normalized spacial score (nSPS) is 23.3. The van der Waals surface area contributed by atoms with E-state index >= 15 is 0 Å². The zero-order valence-corrected chi connectivity index (χ0v) is 10.8. The lowest BCUT2D eigenvalue weighted by atomic mass is 10.2. The third-order valence-electron chi connectivity index (χ3n) is 3.50. The number of aromatic nitrogens is 1. The molecule has 1 saturated carbocycles. The van der Waals surface area contributed by atoms with Crippen LogP contribution < -0.4 is 10.1 Å². The number of hydrogen-bond donors (Lipinski definition) is 1. The van der Waals surface area contributed by atoms with Crippen LogP contribution in [-0.4, -0.2) is 30.3 Å². The summed E-state index contributed by atoms with van der Waals surface area (Å²) >= 11 is 0. The van der Waals surface area contributed by atoms with Gasteiger partial charge in [-0.1, -0.05) is 6.07 Å². The van der Waals surface area contributed by atoms with Crippen molar-refractivity contribution in [3.63, 3.8) is 0 Å². The lowest BCUT2D eigenvalue weighted by molar-refractivity contribution is 0.138. The number of nitrogens with zero attached hydrogens (tertiary/aromatic N) is 1. The van der Waals surface area contributed by atoms with Crippen LogP contribution in [-0.2, 0) is 11.3 Å². The molecule has 2 heterocycles. The van der Waals surface area contributed by atoms with Crippen molar-refractivity contribution in [2.45, 2.75) is 44.9 Å². The van der Waals surface area contributed by atoms with Gasteiger partial charge in [0.2, 0.25) is 5.88 Å². The van der Waals surface area contributed by atoms with E-state index in [0.29, 0.717) is 6.61 Å². The van der Waals surface area contributed by atoms with Crippen LogP contribution in [0, 0.1) is 6.92 Å². The number of nitrogens with one attached hydrogen (secondary N) is 1. The van der Waals surface area contributed by atoms with Crippen molar-refractivity contribution >= 4 is 0 Å². The Bertz CT molecular complexity index is 412. The van der Waals surface area contributed by atoms with Gasteiger partial charge in [0.05, 0.1) is 13.2 Å². The molecule has 1 aliphatic carbocycles. The van der Waals surface area contributed by atoms with E-state index in [1.54, 1.807) is 0 Å². The Labute approximate surface area is 108 Å². The highest BCUT2D eigenvalue weighted by Gasteiger charge is 2.21. The highest BCUT2D eigenvalue weighted by Crippen LogP contribution is 2.21.